The SMILES string of the molecule is FC(F)(F)/C=C/Cl.FC(F)(F)/C=C/Cl. The molecule has 0 spiro atoms. The van der Waals surface area contributed by atoms with E-state index in [1.54, 1.807) is 0 Å². The van der Waals surface area contributed by atoms with Gasteiger partial charge in [-0.05, 0) is 0 Å². The normalized spacial score (nSPS) is 13.1. The summed E-state index contributed by atoms with van der Waals surface area (Å²) in [5.74, 6) is 0. The second kappa shape index (κ2) is 7.00. The van der Waals surface area contributed by atoms with Crippen LogP contribution in [0.5, 0.6) is 0 Å². The van der Waals surface area contributed by atoms with Crippen LogP contribution in [-0.4, -0.2) is 12.4 Å². The maximum absolute atomic E-state index is 10.9. The zero-order valence-corrected chi connectivity index (χ0v) is 7.84. The van der Waals surface area contributed by atoms with Crippen molar-refractivity contribution in [3.8, 4) is 0 Å². The Morgan fingerprint density at radius 3 is 0.857 bits per heavy atom. The van der Waals surface area contributed by atoms with Crippen LogP contribution in [-0.2, 0) is 0 Å². The van der Waals surface area contributed by atoms with Crippen molar-refractivity contribution in [3.05, 3.63) is 23.2 Å². The lowest BCUT2D eigenvalue weighted by atomic mass is 10.6. The highest BCUT2D eigenvalue weighted by atomic mass is 35.5. The van der Waals surface area contributed by atoms with Gasteiger partial charge in [0.15, 0.2) is 0 Å². The predicted octanol–water partition coefficient (Wildman–Crippen LogP) is 4.60. The number of rotatable bonds is 0. The van der Waals surface area contributed by atoms with E-state index in [4.69, 9.17) is 0 Å². The molecule has 0 nitrogen and oxygen atoms in total. The molecule has 0 aliphatic carbocycles. The molecule has 14 heavy (non-hydrogen) atoms. The number of halogens is 8. The Hall–Kier alpha value is -0.360. The number of hydrogen-bond donors (Lipinski definition) is 0. The average Bonchev–Trinajstić information content (AvgIpc) is 1.81. The van der Waals surface area contributed by atoms with Crippen LogP contribution >= 0.6 is 23.2 Å². The monoisotopic (exact) mass is 260 g/mol. The zero-order chi connectivity index (χ0) is 11.8. The highest BCUT2D eigenvalue weighted by molar-refractivity contribution is 6.25. The average molecular weight is 261 g/mol. The van der Waals surface area contributed by atoms with E-state index in [0.29, 0.717) is 11.1 Å². The van der Waals surface area contributed by atoms with Gasteiger partial charge in [-0.1, -0.05) is 23.2 Å². The summed E-state index contributed by atoms with van der Waals surface area (Å²) < 4.78 is 65.3. The molecule has 0 radical (unpaired) electrons. The summed E-state index contributed by atoms with van der Waals surface area (Å²) in [6, 6.07) is 0. The first kappa shape index (κ1) is 16.1. The first-order chi connectivity index (χ1) is 6.12. The third-order valence-corrected chi connectivity index (χ3v) is 0.756. The van der Waals surface area contributed by atoms with Crippen molar-refractivity contribution in [2.75, 3.05) is 0 Å². The van der Waals surface area contributed by atoms with Gasteiger partial charge in [0.25, 0.3) is 0 Å². The van der Waals surface area contributed by atoms with E-state index in [1.807, 2.05) is 0 Å². The summed E-state index contributed by atoms with van der Waals surface area (Å²) in [6.07, 6.45) is -8.62. The van der Waals surface area contributed by atoms with E-state index < -0.39 is 12.4 Å². The van der Waals surface area contributed by atoms with Gasteiger partial charge in [0.1, 0.15) is 0 Å². The van der Waals surface area contributed by atoms with Gasteiger partial charge in [-0.25, -0.2) is 0 Å². The van der Waals surface area contributed by atoms with E-state index in [-0.39, 0.29) is 12.2 Å². The Bertz CT molecular complexity index is 167. The van der Waals surface area contributed by atoms with Gasteiger partial charge >= 0.3 is 12.4 Å². The molecule has 0 atom stereocenters. The lowest BCUT2D eigenvalue weighted by molar-refractivity contribution is -0.0806. The Morgan fingerprint density at radius 1 is 0.643 bits per heavy atom. The molecule has 0 unspecified atom stereocenters. The Morgan fingerprint density at radius 2 is 0.857 bits per heavy atom. The Kier molecular flexibility index (Phi) is 8.04. The Balaban J connectivity index is 0. The van der Waals surface area contributed by atoms with Crippen molar-refractivity contribution < 1.29 is 26.3 Å². The highest BCUT2D eigenvalue weighted by Crippen LogP contribution is 2.16. The highest BCUT2D eigenvalue weighted by Gasteiger charge is 2.21. The third kappa shape index (κ3) is 22.6. The molecular weight excluding hydrogens is 257 g/mol. The molecule has 0 aromatic heterocycles. The minimum absolute atomic E-state index is 0.0471. The second-order valence-electron chi connectivity index (χ2n) is 1.67. The minimum atomic E-state index is -4.26. The number of allylic oxidation sites excluding steroid dienone is 2. The van der Waals surface area contributed by atoms with Crippen molar-refractivity contribution in [3.63, 3.8) is 0 Å². The molecule has 0 bridgehead atoms. The molecule has 0 saturated heterocycles. The molecule has 0 saturated carbocycles. The van der Waals surface area contributed by atoms with E-state index in [0.717, 1.165) is 0 Å². The van der Waals surface area contributed by atoms with Crippen LogP contribution in [0.4, 0.5) is 26.3 Å². The lowest BCUT2D eigenvalue weighted by Crippen LogP contribution is -1.99. The van der Waals surface area contributed by atoms with Gasteiger partial charge in [0.05, 0.1) is 0 Å². The topological polar surface area (TPSA) is 0 Å². The van der Waals surface area contributed by atoms with Crippen molar-refractivity contribution in [1.82, 2.24) is 0 Å². The third-order valence-electron chi connectivity index (χ3n) is 0.504. The molecule has 0 aromatic carbocycles. The summed E-state index contributed by atoms with van der Waals surface area (Å²) in [5, 5.41) is 0. The van der Waals surface area contributed by atoms with Crippen molar-refractivity contribution >= 4 is 23.2 Å². The summed E-state index contributed by atoms with van der Waals surface area (Å²) in [5.41, 5.74) is 0.861. The standard InChI is InChI=1S/2C3H2ClF3/c2*4-2-1-3(5,6)7/h2*1-2H/b2*2-1+. The molecule has 8 heteroatoms. The number of alkyl halides is 6. The second-order valence-corrected chi connectivity index (χ2v) is 2.17. The van der Waals surface area contributed by atoms with Gasteiger partial charge in [0, 0.05) is 23.2 Å². The summed E-state index contributed by atoms with van der Waals surface area (Å²) in [7, 11) is 0. The first-order valence-corrected chi connectivity index (χ1v) is 3.69. The smallest absolute Gasteiger partial charge is 0.167 e. The molecular formula is C6H4Cl2F6. The molecule has 0 heterocycles. The molecule has 0 N–H and O–H groups in total. The maximum Gasteiger partial charge on any atom is 0.410 e. The fourth-order valence-corrected chi connectivity index (χ4v) is 0.429. The molecule has 0 rings (SSSR count). The molecule has 0 amide bonds. The van der Waals surface area contributed by atoms with Gasteiger partial charge < -0.3 is 0 Å². The fourth-order valence-electron chi connectivity index (χ4n) is 0.143. The van der Waals surface area contributed by atoms with Crippen molar-refractivity contribution in [1.29, 1.82) is 0 Å². The van der Waals surface area contributed by atoms with Crippen LogP contribution in [0, 0.1) is 0 Å². The molecule has 0 aliphatic heterocycles. The lowest BCUT2D eigenvalue weighted by Gasteiger charge is -1.92. The summed E-state index contributed by atoms with van der Waals surface area (Å²) in [4.78, 5) is 0. The molecule has 0 aliphatic rings. The van der Waals surface area contributed by atoms with Crippen LogP contribution in [0.3, 0.4) is 0 Å². The Labute approximate surface area is 85.8 Å². The molecule has 0 fully saturated rings. The van der Waals surface area contributed by atoms with Crippen LogP contribution in [0.15, 0.2) is 23.2 Å². The first-order valence-electron chi connectivity index (χ1n) is 2.81. The van der Waals surface area contributed by atoms with Gasteiger partial charge in [-0.15, -0.1) is 0 Å². The summed E-state index contributed by atoms with van der Waals surface area (Å²) >= 11 is 9.17. The van der Waals surface area contributed by atoms with E-state index in [9.17, 15) is 26.3 Å². The van der Waals surface area contributed by atoms with E-state index in [2.05, 4.69) is 23.2 Å². The molecule has 0 aromatic rings. The summed E-state index contributed by atoms with van der Waals surface area (Å²) in [6.45, 7) is 0. The van der Waals surface area contributed by atoms with Crippen molar-refractivity contribution in [2.24, 2.45) is 0 Å². The zero-order valence-electron chi connectivity index (χ0n) is 6.33. The van der Waals surface area contributed by atoms with Gasteiger partial charge in [0.2, 0.25) is 0 Å². The maximum atomic E-state index is 10.9. The van der Waals surface area contributed by atoms with Gasteiger partial charge in [-0.3, -0.25) is 0 Å². The predicted molar refractivity (Wildman–Crippen MR) is 42.1 cm³/mol. The largest absolute Gasteiger partial charge is 0.410 e. The van der Waals surface area contributed by atoms with Gasteiger partial charge in [-0.2, -0.15) is 26.3 Å². The molecule has 84 valence electrons. The number of hydrogen-bond acceptors (Lipinski definition) is 0. The van der Waals surface area contributed by atoms with E-state index in [1.165, 1.54) is 0 Å². The van der Waals surface area contributed by atoms with E-state index >= 15 is 0 Å². The minimum Gasteiger partial charge on any atom is -0.167 e. The quantitative estimate of drug-likeness (QED) is 0.559. The van der Waals surface area contributed by atoms with Crippen LogP contribution in [0.2, 0.25) is 0 Å². The van der Waals surface area contributed by atoms with Crippen LogP contribution in [0.1, 0.15) is 0 Å². The fraction of sp³-hybridized carbons (Fsp3) is 0.333. The van der Waals surface area contributed by atoms with Crippen molar-refractivity contribution in [2.45, 2.75) is 12.4 Å². The van der Waals surface area contributed by atoms with Crippen LogP contribution < -0.4 is 0 Å². The van der Waals surface area contributed by atoms with Crippen LogP contribution in [0.25, 0.3) is 0 Å².